The fourth-order valence-electron chi connectivity index (χ4n) is 2.65. The summed E-state index contributed by atoms with van der Waals surface area (Å²) in [5.74, 6) is 1.19. The predicted octanol–water partition coefficient (Wildman–Crippen LogP) is 3.05. The van der Waals surface area contributed by atoms with E-state index < -0.39 is 18.3 Å². The standard InChI is InChI=1S/C19H28BN3O3/c1-13-9-10-23(22-13)15-11-14(12-16(21-15)24-17(2,3)4)20-25-18(5,6)19(7,8)26-20/h9-12H,1-8H3. The van der Waals surface area contributed by atoms with Crippen molar-refractivity contribution in [1.29, 1.82) is 0 Å². The van der Waals surface area contributed by atoms with Crippen LogP contribution in [0, 0.1) is 6.92 Å². The first-order valence-corrected chi connectivity index (χ1v) is 8.96. The molecule has 0 N–H and O–H groups in total. The second-order valence-corrected chi connectivity index (χ2v) is 8.80. The third-order valence-corrected chi connectivity index (χ3v) is 4.70. The van der Waals surface area contributed by atoms with Crippen LogP contribution in [0.5, 0.6) is 5.88 Å². The molecule has 3 heterocycles. The van der Waals surface area contributed by atoms with Crippen molar-refractivity contribution in [3.05, 3.63) is 30.1 Å². The minimum Gasteiger partial charge on any atom is -0.472 e. The Hall–Kier alpha value is -1.86. The Morgan fingerprint density at radius 2 is 1.69 bits per heavy atom. The summed E-state index contributed by atoms with van der Waals surface area (Å²) in [6, 6.07) is 5.75. The summed E-state index contributed by atoms with van der Waals surface area (Å²) < 4.78 is 20.1. The first-order chi connectivity index (χ1) is 11.9. The van der Waals surface area contributed by atoms with Gasteiger partial charge in [0.1, 0.15) is 5.60 Å². The van der Waals surface area contributed by atoms with Gasteiger partial charge >= 0.3 is 7.12 Å². The summed E-state index contributed by atoms with van der Waals surface area (Å²) in [5.41, 5.74) is 0.606. The van der Waals surface area contributed by atoms with Gasteiger partial charge in [0.2, 0.25) is 5.88 Å². The van der Waals surface area contributed by atoms with E-state index in [2.05, 4.69) is 10.1 Å². The zero-order valence-electron chi connectivity index (χ0n) is 17.0. The number of pyridine rings is 1. The van der Waals surface area contributed by atoms with Gasteiger partial charge < -0.3 is 14.0 Å². The van der Waals surface area contributed by atoms with Gasteiger partial charge in [0.15, 0.2) is 5.82 Å². The summed E-state index contributed by atoms with van der Waals surface area (Å²) in [4.78, 5) is 4.61. The highest BCUT2D eigenvalue weighted by molar-refractivity contribution is 6.62. The molecule has 1 fully saturated rings. The van der Waals surface area contributed by atoms with Crippen molar-refractivity contribution < 1.29 is 14.0 Å². The molecule has 26 heavy (non-hydrogen) atoms. The van der Waals surface area contributed by atoms with E-state index in [-0.39, 0.29) is 5.60 Å². The highest BCUT2D eigenvalue weighted by Gasteiger charge is 2.52. The zero-order valence-corrected chi connectivity index (χ0v) is 17.0. The fraction of sp³-hybridized carbons (Fsp3) is 0.579. The van der Waals surface area contributed by atoms with Crippen LogP contribution in [0.4, 0.5) is 0 Å². The number of ether oxygens (including phenoxy) is 1. The summed E-state index contributed by atoms with van der Waals surface area (Å²) in [6.45, 7) is 16.1. The monoisotopic (exact) mass is 357 g/mol. The van der Waals surface area contributed by atoms with Gasteiger partial charge in [-0.2, -0.15) is 10.1 Å². The molecule has 0 saturated carbocycles. The lowest BCUT2D eigenvalue weighted by Gasteiger charge is -2.32. The first kappa shape index (κ1) is 18.9. The number of hydrogen-bond donors (Lipinski definition) is 0. The highest BCUT2D eigenvalue weighted by atomic mass is 16.7. The Balaban J connectivity index is 2.03. The number of rotatable bonds is 3. The second kappa shape index (κ2) is 6.10. The minimum absolute atomic E-state index is 0.362. The molecule has 0 aliphatic carbocycles. The van der Waals surface area contributed by atoms with Crippen molar-refractivity contribution in [2.75, 3.05) is 0 Å². The molecule has 3 rings (SSSR count). The van der Waals surface area contributed by atoms with Crippen LogP contribution in [0.1, 0.15) is 54.2 Å². The Kier molecular flexibility index (Phi) is 4.44. The van der Waals surface area contributed by atoms with Crippen molar-refractivity contribution >= 4 is 12.6 Å². The summed E-state index contributed by atoms with van der Waals surface area (Å²) in [5, 5.41) is 4.46. The van der Waals surface area contributed by atoms with E-state index >= 15 is 0 Å². The van der Waals surface area contributed by atoms with Crippen molar-refractivity contribution in [2.24, 2.45) is 0 Å². The van der Waals surface area contributed by atoms with Crippen LogP contribution >= 0.6 is 0 Å². The molecule has 0 spiro atoms. The average Bonchev–Trinajstić information content (AvgIpc) is 2.98. The van der Waals surface area contributed by atoms with Gasteiger partial charge in [-0.1, -0.05) is 0 Å². The smallest absolute Gasteiger partial charge is 0.472 e. The molecule has 2 aromatic rings. The Bertz CT molecular complexity index is 793. The van der Waals surface area contributed by atoms with Gasteiger partial charge in [-0.3, -0.25) is 0 Å². The molecule has 6 nitrogen and oxygen atoms in total. The molecule has 1 aliphatic heterocycles. The number of hydrogen-bond acceptors (Lipinski definition) is 5. The van der Waals surface area contributed by atoms with E-state index in [0.29, 0.717) is 11.7 Å². The average molecular weight is 357 g/mol. The predicted molar refractivity (Wildman–Crippen MR) is 102 cm³/mol. The molecule has 1 saturated heterocycles. The third-order valence-electron chi connectivity index (χ3n) is 4.70. The van der Waals surface area contributed by atoms with Gasteiger partial charge in [0.25, 0.3) is 0 Å². The minimum atomic E-state index is -0.485. The third kappa shape index (κ3) is 3.79. The maximum Gasteiger partial charge on any atom is 0.495 e. The van der Waals surface area contributed by atoms with E-state index in [1.54, 1.807) is 4.68 Å². The van der Waals surface area contributed by atoms with E-state index in [0.717, 1.165) is 11.2 Å². The maximum atomic E-state index is 6.20. The summed E-state index contributed by atoms with van der Waals surface area (Å²) >= 11 is 0. The van der Waals surface area contributed by atoms with E-state index in [4.69, 9.17) is 14.0 Å². The Labute approximate surface area is 156 Å². The normalized spacial score (nSPS) is 19.0. The van der Waals surface area contributed by atoms with Gasteiger partial charge in [0.05, 0.1) is 16.9 Å². The topological polar surface area (TPSA) is 58.4 Å². The first-order valence-electron chi connectivity index (χ1n) is 8.96. The summed E-state index contributed by atoms with van der Waals surface area (Å²) in [7, 11) is -0.485. The lowest BCUT2D eigenvalue weighted by molar-refractivity contribution is 0.00578. The SMILES string of the molecule is Cc1ccn(-c2cc(B3OC(C)(C)C(C)(C)O3)cc(OC(C)(C)C)n2)n1. The molecule has 140 valence electrons. The molecule has 0 bridgehead atoms. The van der Waals surface area contributed by atoms with E-state index in [1.807, 2.05) is 79.8 Å². The largest absolute Gasteiger partial charge is 0.495 e. The maximum absolute atomic E-state index is 6.20. The molecule has 0 atom stereocenters. The molecule has 0 unspecified atom stereocenters. The lowest BCUT2D eigenvalue weighted by atomic mass is 9.79. The molecular weight excluding hydrogens is 329 g/mol. The van der Waals surface area contributed by atoms with Crippen molar-refractivity contribution in [3.8, 4) is 11.7 Å². The van der Waals surface area contributed by atoms with Crippen molar-refractivity contribution in [2.45, 2.75) is 72.2 Å². The molecule has 0 aromatic carbocycles. The second-order valence-electron chi connectivity index (χ2n) is 8.80. The van der Waals surface area contributed by atoms with Gasteiger partial charge in [-0.15, -0.1) is 0 Å². The van der Waals surface area contributed by atoms with Crippen LogP contribution in [0.15, 0.2) is 24.4 Å². The van der Waals surface area contributed by atoms with Crippen LogP contribution in [0.2, 0.25) is 0 Å². The molecular formula is C19H28BN3O3. The quantitative estimate of drug-likeness (QED) is 0.791. The number of aryl methyl sites for hydroxylation is 1. The Morgan fingerprint density at radius 1 is 1.08 bits per heavy atom. The molecule has 0 radical (unpaired) electrons. The summed E-state index contributed by atoms with van der Waals surface area (Å²) in [6.07, 6.45) is 1.88. The van der Waals surface area contributed by atoms with Crippen molar-refractivity contribution in [1.82, 2.24) is 14.8 Å². The van der Waals surface area contributed by atoms with E-state index in [9.17, 15) is 0 Å². The van der Waals surface area contributed by atoms with Crippen molar-refractivity contribution in [3.63, 3.8) is 0 Å². The lowest BCUT2D eigenvalue weighted by Crippen LogP contribution is -2.41. The molecule has 7 heteroatoms. The number of nitrogens with zero attached hydrogens (tertiary/aromatic N) is 3. The molecule has 0 amide bonds. The van der Waals surface area contributed by atoms with Crippen LogP contribution < -0.4 is 10.2 Å². The molecule has 1 aliphatic rings. The fourth-order valence-corrected chi connectivity index (χ4v) is 2.65. The van der Waals surface area contributed by atoms with Gasteiger partial charge in [-0.25, -0.2) is 4.68 Å². The van der Waals surface area contributed by atoms with Crippen LogP contribution in [-0.4, -0.2) is 38.7 Å². The van der Waals surface area contributed by atoms with Crippen LogP contribution in [0.25, 0.3) is 5.82 Å². The number of aromatic nitrogens is 3. The van der Waals surface area contributed by atoms with Crippen LogP contribution in [-0.2, 0) is 9.31 Å². The molecule has 2 aromatic heterocycles. The van der Waals surface area contributed by atoms with Gasteiger partial charge in [-0.05, 0) is 73.0 Å². The van der Waals surface area contributed by atoms with Gasteiger partial charge in [0, 0.05) is 12.3 Å². The highest BCUT2D eigenvalue weighted by Crippen LogP contribution is 2.36. The zero-order chi connectivity index (χ0) is 19.3. The Morgan fingerprint density at radius 3 is 2.19 bits per heavy atom. The van der Waals surface area contributed by atoms with Crippen LogP contribution in [0.3, 0.4) is 0 Å². The van der Waals surface area contributed by atoms with E-state index in [1.165, 1.54) is 0 Å².